The smallest absolute Gasteiger partial charge is 0.363 e. The summed E-state index contributed by atoms with van der Waals surface area (Å²) in [5.41, 5.74) is 1.95. The molecule has 3 rings (SSSR count). The van der Waals surface area contributed by atoms with Gasteiger partial charge in [-0.1, -0.05) is 35.9 Å². The van der Waals surface area contributed by atoms with E-state index in [1.165, 1.54) is 0 Å². The highest BCUT2D eigenvalue weighted by atomic mass is 35.5. The second kappa shape index (κ2) is 5.84. The first-order valence-electron chi connectivity index (χ1n) is 6.45. The fourth-order valence-electron chi connectivity index (χ4n) is 2.01. The van der Waals surface area contributed by atoms with Crippen LogP contribution in [-0.4, -0.2) is 11.9 Å². The Morgan fingerprint density at radius 2 is 2.00 bits per heavy atom. The van der Waals surface area contributed by atoms with Crippen LogP contribution >= 0.6 is 11.6 Å². The van der Waals surface area contributed by atoms with Gasteiger partial charge < -0.3 is 4.74 Å². The number of cyclic esters (lactones) is 1. The molecule has 0 atom stereocenters. The van der Waals surface area contributed by atoms with Gasteiger partial charge in [0, 0.05) is 0 Å². The van der Waals surface area contributed by atoms with E-state index in [1.54, 1.807) is 54.6 Å². The highest BCUT2D eigenvalue weighted by Gasteiger charge is 2.25. The Bertz CT molecular complexity index is 863. The lowest BCUT2D eigenvalue weighted by atomic mass is 10.1. The summed E-state index contributed by atoms with van der Waals surface area (Å²) >= 11 is 6.07. The summed E-state index contributed by atoms with van der Waals surface area (Å²) < 4.78 is 5.16. The summed E-state index contributed by atoms with van der Waals surface area (Å²) in [6.45, 7) is 0. The van der Waals surface area contributed by atoms with Gasteiger partial charge in [0.1, 0.15) is 0 Å². The molecule has 0 amide bonds. The van der Waals surface area contributed by atoms with E-state index in [0.29, 0.717) is 21.7 Å². The number of hydrogen-bond acceptors (Lipinski definition) is 4. The first kappa shape index (κ1) is 14.1. The van der Waals surface area contributed by atoms with Crippen LogP contribution in [0, 0.1) is 11.3 Å². The van der Waals surface area contributed by atoms with E-state index >= 15 is 0 Å². The molecule has 22 heavy (non-hydrogen) atoms. The van der Waals surface area contributed by atoms with Gasteiger partial charge in [-0.15, -0.1) is 0 Å². The number of halogens is 1. The minimum absolute atomic E-state index is 0.171. The maximum Gasteiger partial charge on any atom is 0.363 e. The molecule has 0 saturated carbocycles. The lowest BCUT2D eigenvalue weighted by Crippen LogP contribution is -2.05. The molecule has 5 heteroatoms. The van der Waals surface area contributed by atoms with Crippen LogP contribution in [0.15, 0.2) is 59.2 Å². The predicted molar refractivity (Wildman–Crippen MR) is 83.2 cm³/mol. The van der Waals surface area contributed by atoms with Crippen LogP contribution in [-0.2, 0) is 9.53 Å². The van der Waals surface area contributed by atoms with Crippen molar-refractivity contribution in [1.29, 1.82) is 5.26 Å². The van der Waals surface area contributed by atoms with Crippen molar-refractivity contribution >= 4 is 29.5 Å². The Hall–Kier alpha value is -2.90. The Kier molecular flexibility index (Phi) is 3.73. The topological polar surface area (TPSA) is 62.4 Å². The van der Waals surface area contributed by atoms with Crippen LogP contribution in [0.5, 0.6) is 0 Å². The third kappa shape index (κ3) is 2.76. The standard InChI is InChI=1S/C17H9ClN2O2/c18-14-7-2-1-6-13(14)16-20-15(17(21)22-16)9-11-4-3-5-12(8-11)10-19/h1-9H/b15-9-. The Labute approximate surface area is 131 Å². The minimum Gasteiger partial charge on any atom is -0.402 e. The van der Waals surface area contributed by atoms with Gasteiger partial charge in [-0.2, -0.15) is 5.26 Å². The average Bonchev–Trinajstić information content (AvgIpc) is 2.89. The van der Waals surface area contributed by atoms with E-state index < -0.39 is 5.97 Å². The number of hydrogen-bond donors (Lipinski definition) is 0. The Morgan fingerprint density at radius 1 is 1.18 bits per heavy atom. The maximum atomic E-state index is 11.9. The van der Waals surface area contributed by atoms with Crippen molar-refractivity contribution in [2.75, 3.05) is 0 Å². The molecule has 4 nitrogen and oxygen atoms in total. The van der Waals surface area contributed by atoms with Crippen LogP contribution in [0.25, 0.3) is 6.08 Å². The SMILES string of the molecule is N#Cc1cccc(/C=C2\N=C(c3ccccc3Cl)OC2=O)c1. The number of carbonyl (C=O) groups is 1. The lowest BCUT2D eigenvalue weighted by molar-refractivity contribution is -0.129. The molecule has 0 saturated heterocycles. The van der Waals surface area contributed by atoms with E-state index in [1.807, 2.05) is 6.07 Å². The molecule has 1 aliphatic heterocycles. The number of nitriles is 1. The normalized spacial score (nSPS) is 15.4. The number of rotatable bonds is 2. The molecule has 106 valence electrons. The molecule has 0 fully saturated rings. The molecule has 2 aromatic carbocycles. The predicted octanol–water partition coefficient (Wildman–Crippen LogP) is 3.56. The Balaban J connectivity index is 1.98. The summed E-state index contributed by atoms with van der Waals surface area (Å²) in [6.07, 6.45) is 1.58. The third-order valence-electron chi connectivity index (χ3n) is 3.04. The molecule has 0 N–H and O–H groups in total. The third-order valence-corrected chi connectivity index (χ3v) is 3.37. The minimum atomic E-state index is -0.544. The highest BCUT2D eigenvalue weighted by molar-refractivity contribution is 6.34. The van der Waals surface area contributed by atoms with Crippen LogP contribution < -0.4 is 0 Å². The van der Waals surface area contributed by atoms with Crippen molar-refractivity contribution in [3.63, 3.8) is 0 Å². The van der Waals surface area contributed by atoms with E-state index in [2.05, 4.69) is 4.99 Å². The van der Waals surface area contributed by atoms with Gasteiger partial charge in [0.2, 0.25) is 5.90 Å². The van der Waals surface area contributed by atoms with Crippen LogP contribution in [0.3, 0.4) is 0 Å². The summed E-state index contributed by atoms with van der Waals surface area (Å²) in [5.74, 6) is -0.365. The fraction of sp³-hybridized carbons (Fsp3) is 0. The summed E-state index contributed by atoms with van der Waals surface area (Å²) in [4.78, 5) is 16.1. The number of carbonyl (C=O) groups excluding carboxylic acids is 1. The molecule has 0 spiro atoms. The van der Waals surface area contributed by atoms with Gasteiger partial charge in [0.05, 0.1) is 22.2 Å². The van der Waals surface area contributed by atoms with Gasteiger partial charge in [0.15, 0.2) is 5.70 Å². The van der Waals surface area contributed by atoms with E-state index in [0.717, 1.165) is 0 Å². The molecule has 0 aliphatic carbocycles. The molecule has 0 unspecified atom stereocenters. The fourth-order valence-corrected chi connectivity index (χ4v) is 2.23. The van der Waals surface area contributed by atoms with Crippen molar-refractivity contribution < 1.29 is 9.53 Å². The van der Waals surface area contributed by atoms with Gasteiger partial charge in [-0.3, -0.25) is 0 Å². The molecule has 0 bridgehead atoms. The average molecular weight is 309 g/mol. The molecule has 0 aromatic heterocycles. The van der Waals surface area contributed by atoms with Gasteiger partial charge in [0.25, 0.3) is 0 Å². The van der Waals surface area contributed by atoms with Crippen LogP contribution in [0.1, 0.15) is 16.7 Å². The van der Waals surface area contributed by atoms with Gasteiger partial charge in [-0.25, -0.2) is 9.79 Å². The van der Waals surface area contributed by atoms with Gasteiger partial charge >= 0.3 is 5.97 Å². The number of benzene rings is 2. The Morgan fingerprint density at radius 3 is 2.77 bits per heavy atom. The quantitative estimate of drug-likeness (QED) is 0.629. The zero-order valence-electron chi connectivity index (χ0n) is 11.3. The first-order chi connectivity index (χ1) is 10.7. The van der Waals surface area contributed by atoms with Gasteiger partial charge in [-0.05, 0) is 35.9 Å². The second-order valence-corrected chi connectivity index (χ2v) is 4.96. The molecule has 1 heterocycles. The van der Waals surface area contributed by atoms with Crippen molar-refractivity contribution in [3.8, 4) is 6.07 Å². The zero-order valence-corrected chi connectivity index (χ0v) is 12.0. The van der Waals surface area contributed by atoms with Crippen molar-refractivity contribution in [3.05, 3.63) is 75.9 Å². The van der Waals surface area contributed by atoms with Crippen molar-refractivity contribution in [2.24, 2.45) is 4.99 Å². The van der Waals surface area contributed by atoms with E-state index in [-0.39, 0.29) is 11.6 Å². The first-order valence-corrected chi connectivity index (χ1v) is 6.83. The van der Waals surface area contributed by atoms with Crippen molar-refractivity contribution in [1.82, 2.24) is 0 Å². The van der Waals surface area contributed by atoms with E-state index in [4.69, 9.17) is 21.6 Å². The highest BCUT2D eigenvalue weighted by Crippen LogP contribution is 2.23. The number of aliphatic imine (C=N–C) groups is 1. The molecule has 0 radical (unpaired) electrons. The summed E-state index contributed by atoms with van der Waals surface area (Å²) in [7, 11) is 0. The zero-order chi connectivity index (χ0) is 15.5. The molecular formula is C17H9ClN2O2. The lowest BCUT2D eigenvalue weighted by Gasteiger charge is -2.00. The largest absolute Gasteiger partial charge is 0.402 e. The van der Waals surface area contributed by atoms with E-state index in [9.17, 15) is 4.79 Å². The molecule has 2 aromatic rings. The summed E-state index contributed by atoms with van der Waals surface area (Å²) in [5, 5.41) is 9.35. The second-order valence-electron chi connectivity index (χ2n) is 4.55. The molecule has 1 aliphatic rings. The number of nitrogens with zero attached hydrogens (tertiary/aromatic N) is 2. The van der Waals surface area contributed by atoms with Crippen LogP contribution in [0.2, 0.25) is 5.02 Å². The molecular weight excluding hydrogens is 300 g/mol. The number of esters is 1. The monoisotopic (exact) mass is 308 g/mol. The van der Waals surface area contributed by atoms with Crippen LogP contribution in [0.4, 0.5) is 0 Å². The van der Waals surface area contributed by atoms with Crippen molar-refractivity contribution in [2.45, 2.75) is 0 Å². The maximum absolute atomic E-state index is 11.9. The summed E-state index contributed by atoms with van der Waals surface area (Å²) in [6, 6.07) is 15.9. The number of ether oxygens (including phenoxy) is 1.